The first-order valence-corrected chi connectivity index (χ1v) is 6.00. The van der Waals surface area contributed by atoms with Crippen molar-refractivity contribution in [1.82, 2.24) is 0 Å². The maximum Gasteiger partial charge on any atom is 0.274 e. The van der Waals surface area contributed by atoms with Crippen LogP contribution in [0.1, 0.15) is 27.7 Å². The van der Waals surface area contributed by atoms with Gasteiger partial charge in [-0.1, -0.05) is 11.6 Å². The van der Waals surface area contributed by atoms with E-state index in [2.05, 4.69) is 0 Å². The molecule has 0 aliphatic rings. The Hall–Kier alpha value is -1.49. The van der Waals surface area contributed by atoms with Gasteiger partial charge in [0.2, 0.25) is 0 Å². The van der Waals surface area contributed by atoms with E-state index < -0.39 is 4.92 Å². The molecule has 0 atom stereocenters. The summed E-state index contributed by atoms with van der Waals surface area (Å²) in [6, 6.07) is 2.58. The predicted molar refractivity (Wildman–Crippen MR) is 69.6 cm³/mol. The second-order valence-corrected chi connectivity index (χ2v) is 4.75. The van der Waals surface area contributed by atoms with Crippen LogP contribution in [-0.4, -0.2) is 17.1 Å². The lowest BCUT2D eigenvalue weighted by Gasteiger charge is -2.17. The molecule has 0 saturated heterocycles. The summed E-state index contributed by atoms with van der Waals surface area (Å²) in [6.07, 6.45) is -0.226. The van der Waals surface area contributed by atoms with Crippen LogP contribution in [0.15, 0.2) is 12.1 Å². The third kappa shape index (κ3) is 3.77. The summed E-state index contributed by atoms with van der Waals surface area (Å²) in [5.74, 6) is 0.629. The van der Waals surface area contributed by atoms with Gasteiger partial charge in [0.1, 0.15) is 0 Å². The quantitative estimate of drug-likeness (QED) is 0.604. The van der Waals surface area contributed by atoms with Crippen LogP contribution in [0.4, 0.5) is 5.69 Å². The molecule has 0 heterocycles. The van der Waals surface area contributed by atoms with E-state index in [1.54, 1.807) is 0 Å². The molecule has 100 valence electrons. The van der Waals surface area contributed by atoms with E-state index in [1.165, 1.54) is 12.1 Å². The number of nitro groups is 1. The fraction of sp³-hybridized carbons (Fsp3) is 0.500. The molecule has 1 aromatic carbocycles. The highest BCUT2D eigenvalue weighted by Gasteiger charge is 2.19. The van der Waals surface area contributed by atoms with Crippen LogP contribution in [0, 0.1) is 10.1 Å². The Morgan fingerprint density at radius 2 is 1.72 bits per heavy atom. The molecule has 0 fully saturated rings. The number of non-ortho nitro benzene ring substituents is 1. The zero-order valence-electron chi connectivity index (χ0n) is 10.8. The number of ether oxygens (including phenoxy) is 2. The van der Waals surface area contributed by atoms with Gasteiger partial charge in [-0.15, -0.1) is 0 Å². The van der Waals surface area contributed by atoms with Gasteiger partial charge in [-0.05, 0) is 27.7 Å². The van der Waals surface area contributed by atoms with Crippen LogP contribution < -0.4 is 9.47 Å². The summed E-state index contributed by atoms with van der Waals surface area (Å²) < 4.78 is 11.0. The number of hydrogen-bond donors (Lipinski definition) is 0. The zero-order chi connectivity index (χ0) is 13.9. The number of halogens is 1. The standard InChI is InChI=1S/C12H16ClNO4/c1-7(2)17-11-6-9(14(15)16)5-10(13)12(11)18-8(3)4/h5-8H,1-4H3. The van der Waals surface area contributed by atoms with Gasteiger partial charge in [0.25, 0.3) is 5.69 Å². The Labute approximate surface area is 111 Å². The maximum atomic E-state index is 10.8. The van der Waals surface area contributed by atoms with Crippen molar-refractivity contribution in [3.63, 3.8) is 0 Å². The molecule has 1 rings (SSSR count). The first kappa shape index (κ1) is 14.6. The molecule has 18 heavy (non-hydrogen) atoms. The van der Waals surface area contributed by atoms with E-state index in [0.29, 0.717) is 5.75 Å². The Morgan fingerprint density at radius 3 is 2.17 bits per heavy atom. The Bertz CT molecular complexity index is 446. The molecule has 0 aromatic heterocycles. The van der Waals surface area contributed by atoms with Crippen molar-refractivity contribution in [1.29, 1.82) is 0 Å². The van der Waals surface area contributed by atoms with Gasteiger partial charge in [0.05, 0.1) is 28.2 Å². The summed E-state index contributed by atoms with van der Waals surface area (Å²) in [5.41, 5.74) is -0.119. The van der Waals surface area contributed by atoms with Gasteiger partial charge in [0.15, 0.2) is 11.5 Å². The van der Waals surface area contributed by atoms with E-state index in [1.807, 2.05) is 27.7 Å². The average molecular weight is 274 g/mol. The highest BCUT2D eigenvalue weighted by Crippen LogP contribution is 2.40. The van der Waals surface area contributed by atoms with Gasteiger partial charge < -0.3 is 9.47 Å². The molecule has 1 aromatic rings. The van der Waals surface area contributed by atoms with Crippen molar-refractivity contribution in [3.05, 3.63) is 27.3 Å². The normalized spacial score (nSPS) is 10.8. The molecule has 0 aliphatic heterocycles. The van der Waals surface area contributed by atoms with Crippen molar-refractivity contribution in [3.8, 4) is 11.5 Å². The largest absolute Gasteiger partial charge is 0.487 e. The van der Waals surface area contributed by atoms with E-state index >= 15 is 0 Å². The van der Waals surface area contributed by atoms with Crippen LogP contribution in [-0.2, 0) is 0 Å². The zero-order valence-corrected chi connectivity index (χ0v) is 11.5. The fourth-order valence-electron chi connectivity index (χ4n) is 1.35. The van der Waals surface area contributed by atoms with Gasteiger partial charge in [-0.3, -0.25) is 10.1 Å². The molecule has 5 nitrogen and oxygen atoms in total. The maximum absolute atomic E-state index is 10.8. The van der Waals surface area contributed by atoms with Crippen LogP contribution in [0.5, 0.6) is 11.5 Å². The number of nitro benzene ring substituents is 1. The molecule has 0 spiro atoms. The second kappa shape index (κ2) is 5.91. The minimum atomic E-state index is -0.516. The molecule has 0 bridgehead atoms. The topological polar surface area (TPSA) is 61.6 Å². The molecular weight excluding hydrogens is 258 g/mol. The van der Waals surface area contributed by atoms with Crippen molar-refractivity contribution in [2.24, 2.45) is 0 Å². The van der Waals surface area contributed by atoms with Crippen molar-refractivity contribution >= 4 is 17.3 Å². The van der Waals surface area contributed by atoms with Gasteiger partial charge in [-0.25, -0.2) is 0 Å². The molecule has 0 amide bonds. The minimum absolute atomic E-state index is 0.0986. The summed E-state index contributed by atoms with van der Waals surface area (Å²) >= 11 is 6.00. The molecule has 0 N–H and O–H groups in total. The van der Waals surface area contributed by atoms with Crippen LogP contribution >= 0.6 is 11.6 Å². The molecule has 0 unspecified atom stereocenters. The summed E-state index contributed by atoms with van der Waals surface area (Å²) in [6.45, 7) is 7.34. The Balaban J connectivity index is 3.25. The third-order valence-corrected chi connectivity index (χ3v) is 2.20. The predicted octanol–water partition coefficient (Wildman–Crippen LogP) is 3.82. The third-order valence-electron chi connectivity index (χ3n) is 1.92. The van der Waals surface area contributed by atoms with Crippen LogP contribution in [0.2, 0.25) is 5.02 Å². The molecule has 0 radical (unpaired) electrons. The van der Waals surface area contributed by atoms with Crippen LogP contribution in [0.3, 0.4) is 0 Å². The SMILES string of the molecule is CC(C)Oc1cc([N+](=O)[O-])cc(Cl)c1OC(C)C. The second-order valence-electron chi connectivity index (χ2n) is 4.35. The Kier molecular flexibility index (Phi) is 4.78. The highest BCUT2D eigenvalue weighted by atomic mass is 35.5. The summed E-state index contributed by atoms with van der Waals surface area (Å²) in [5, 5.41) is 10.9. The summed E-state index contributed by atoms with van der Waals surface area (Å²) in [7, 11) is 0. The van der Waals surface area contributed by atoms with Crippen molar-refractivity contribution in [2.45, 2.75) is 39.9 Å². The molecule has 0 aliphatic carbocycles. The lowest BCUT2D eigenvalue weighted by Crippen LogP contribution is -2.11. The summed E-state index contributed by atoms with van der Waals surface area (Å²) in [4.78, 5) is 10.3. The van der Waals surface area contributed by atoms with E-state index in [9.17, 15) is 10.1 Å². The first-order chi connectivity index (χ1) is 8.31. The average Bonchev–Trinajstić information content (AvgIpc) is 2.21. The lowest BCUT2D eigenvalue weighted by molar-refractivity contribution is -0.385. The smallest absolute Gasteiger partial charge is 0.274 e. The highest BCUT2D eigenvalue weighted by molar-refractivity contribution is 6.32. The fourth-order valence-corrected chi connectivity index (χ4v) is 1.60. The first-order valence-electron chi connectivity index (χ1n) is 5.62. The van der Waals surface area contributed by atoms with Gasteiger partial charge >= 0.3 is 0 Å². The van der Waals surface area contributed by atoms with Gasteiger partial charge in [0, 0.05) is 6.07 Å². The van der Waals surface area contributed by atoms with E-state index in [4.69, 9.17) is 21.1 Å². The molecular formula is C12H16ClNO4. The number of rotatable bonds is 5. The van der Waals surface area contributed by atoms with Crippen LogP contribution in [0.25, 0.3) is 0 Å². The van der Waals surface area contributed by atoms with E-state index in [-0.39, 0.29) is 28.7 Å². The Morgan fingerprint density at radius 1 is 1.17 bits per heavy atom. The number of hydrogen-bond acceptors (Lipinski definition) is 4. The molecule has 0 saturated carbocycles. The minimum Gasteiger partial charge on any atom is -0.487 e. The lowest BCUT2D eigenvalue weighted by atomic mass is 10.2. The van der Waals surface area contributed by atoms with Crippen molar-refractivity contribution in [2.75, 3.05) is 0 Å². The van der Waals surface area contributed by atoms with Crippen molar-refractivity contribution < 1.29 is 14.4 Å². The van der Waals surface area contributed by atoms with Gasteiger partial charge in [-0.2, -0.15) is 0 Å². The van der Waals surface area contributed by atoms with E-state index in [0.717, 1.165) is 0 Å². The monoisotopic (exact) mass is 273 g/mol. The number of nitrogens with zero attached hydrogens (tertiary/aromatic N) is 1. The molecule has 6 heteroatoms. The number of benzene rings is 1.